The summed E-state index contributed by atoms with van der Waals surface area (Å²) in [5.74, 6) is 1.19. The molecule has 8 heteroatoms. The smallest absolute Gasteiger partial charge is 0.415 e. The number of carbonyl (C=O) groups excluding carboxylic acids is 1. The lowest BCUT2D eigenvalue weighted by molar-refractivity contribution is 0.141. The first-order valence-corrected chi connectivity index (χ1v) is 13.0. The minimum Gasteiger partial charge on any atom is -0.444 e. The second kappa shape index (κ2) is 11.2. The third-order valence-corrected chi connectivity index (χ3v) is 7.20. The Morgan fingerprint density at radius 1 is 1.00 bits per heavy atom. The molecule has 4 aliphatic heterocycles. The van der Waals surface area contributed by atoms with Crippen molar-refractivity contribution >= 4 is 17.9 Å². The molecule has 4 aliphatic rings. The van der Waals surface area contributed by atoms with Crippen LogP contribution < -0.4 is 15.5 Å². The lowest BCUT2D eigenvalue weighted by Crippen LogP contribution is -2.45. The quantitative estimate of drug-likeness (QED) is 0.583. The lowest BCUT2D eigenvalue weighted by Gasteiger charge is -2.35. The van der Waals surface area contributed by atoms with Gasteiger partial charge in [-0.1, -0.05) is 36.4 Å². The van der Waals surface area contributed by atoms with E-state index in [4.69, 9.17) is 9.72 Å². The van der Waals surface area contributed by atoms with E-state index >= 15 is 0 Å². The van der Waals surface area contributed by atoms with Crippen LogP contribution in [0.1, 0.15) is 67.8 Å². The number of rotatable bonds is 1. The highest BCUT2D eigenvalue weighted by Crippen LogP contribution is 2.30. The maximum atomic E-state index is 12.5. The van der Waals surface area contributed by atoms with Crippen molar-refractivity contribution in [3.63, 3.8) is 0 Å². The third kappa shape index (κ3) is 5.65. The summed E-state index contributed by atoms with van der Waals surface area (Å²) in [5, 5.41) is 6.91. The number of ether oxygens (including phenoxy) is 1. The maximum Gasteiger partial charge on any atom is 0.415 e. The van der Waals surface area contributed by atoms with Crippen LogP contribution in [0.4, 0.5) is 16.6 Å². The molecule has 1 fully saturated rings. The molecule has 1 aromatic heterocycles. The molecule has 8 nitrogen and oxygen atoms in total. The first-order valence-electron chi connectivity index (χ1n) is 13.0. The number of aromatic nitrogens is 2. The minimum absolute atomic E-state index is 0.0359. The normalized spacial score (nSPS) is 25.1. The molecule has 0 aliphatic carbocycles. The predicted molar refractivity (Wildman–Crippen MR) is 137 cm³/mol. The van der Waals surface area contributed by atoms with Crippen molar-refractivity contribution in [3.8, 4) is 0 Å². The Morgan fingerprint density at radius 2 is 1.77 bits per heavy atom. The Labute approximate surface area is 207 Å². The number of carbonyl (C=O) groups is 1. The van der Waals surface area contributed by atoms with Crippen LogP contribution in [0.15, 0.2) is 42.6 Å². The molecule has 5 heterocycles. The number of piperazine rings is 1. The van der Waals surface area contributed by atoms with Crippen LogP contribution in [0, 0.1) is 0 Å². The summed E-state index contributed by atoms with van der Waals surface area (Å²) in [6.07, 6.45) is 11.2. The summed E-state index contributed by atoms with van der Waals surface area (Å²) in [5.41, 5.74) is 3.41. The van der Waals surface area contributed by atoms with Crippen LogP contribution in [0.25, 0.3) is 0 Å². The van der Waals surface area contributed by atoms with Crippen LogP contribution in [0.5, 0.6) is 0 Å². The van der Waals surface area contributed by atoms with E-state index in [0.717, 1.165) is 63.8 Å². The fourth-order valence-electron chi connectivity index (χ4n) is 5.16. The number of nitrogens with one attached hydrogen (secondary N) is 2. The number of hydrogen-bond donors (Lipinski definition) is 2. The van der Waals surface area contributed by atoms with E-state index < -0.39 is 0 Å². The molecule has 1 amide bonds. The Kier molecular flexibility index (Phi) is 7.59. The molecule has 6 rings (SSSR count). The molecular weight excluding hydrogens is 440 g/mol. The van der Waals surface area contributed by atoms with Crippen LogP contribution in [0.3, 0.4) is 0 Å². The average Bonchev–Trinajstić information content (AvgIpc) is 2.89. The Balaban J connectivity index is 1.41. The zero-order chi connectivity index (χ0) is 24.0. The molecule has 2 N–H and O–H groups in total. The third-order valence-electron chi connectivity index (χ3n) is 7.20. The Hall–Kier alpha value is -2.97. The van der Waals surface area contributed by atoms with Gasteiger partial charge in [-0.2, -0.15) is 4.98 Å². The first-order chi connectivity index (χ1) is 17.2. The zero-order valence-corrected chi connectivity index (χ0v) is 20.6. The van der Waals surface area contributed by atoms with Crippen molar-refractivity contribution in [2.75, 3.05) is 42.9 Å². The van der Waals surface area contributed by atoms with E-state index in [1.807, 2.05) is 0 Å². The molecule has 35 heavy (non-hydrogen) atoms. The number of hydrogen-bond acceptors (Lipinski definition) is 7. The second-order valence-corrected chi connectivity index (χ2v) is 9.63. The van der Waals surface area contributed by atoms with Crippen molar-refractivity contribution in [2.45, 2.75) is 57.7 Å². The number of benzene rings is 1. The van der Waals surface area contributed by atoms with Crippen molar-refractivity contribution < 1.29 is 9.53 Å². The molecule has 0 radical (unpaired) electrons. The van der Waals surface area contributed by atoms with Gasteiger partial charge in [0, 0.05) is 45.0 Å². The summed E-state index contributed by atoms with van der Waals surface area (Å²) in [6, 6.07) is 9.46. The van der Waals surface area contributed by atoms with Gasteiger partial charge in [0.2, 0.25) is 5.95 Å². The van der Waals surface area contributed by atoms with Crippen LogP contribution >= 0.6 is 0 Å². The molecule has 1 saturated heterocycles. The van der Waals surface area contributed by atoms with Gasteiger partial charge in [-0.25, -0.2) is 9.78 Å². The number of allylic oxidation sites excluding steroid dienone is 2. The Morgan fingerprint density at radius 3 is 2.60 bits per heavy atom. The molecular formula is C27H36N6O2. The number of anilines is 2. The summed E-state index contributed by atoms with van der Waals surface area (Å²) in [6.45, 7) is 7.21. The van der Waals surface area contributed by atoms with Gasteiger partial charge in [-0.15, -0.1) is 0 Å². The van der Waals surface area contributed by atoms with Gasteiger partial charge < -0.3 is 15.4 Å². The molecule has 4 bridgehead atoms. The van der Waals surface area contributed by atoms with Gasteiger partial charge in [0.25, 0.3) is 0 Å². The molecule has 186 valence electrons. The largest absolute Gasteiger partial charge is 0.444 e. The van der Waals surface area contributed by atoms with E-state index in [1.54, 1.807) is 11.1 Å². The van der Waals surface area contributed by atoms with E-state index in [2.05, 4.69) is 63.9 Å². The number of amides is 1. The van der Waals surface area contributed by atoms with Crippen molar-refractivity contribution in [1.82, 2.24) is 20.2 Å². The van der Waals surface area contributed by atoms with Gasteiger partial charge in [-0.3, -0.25) is 9.80 Å². The summed E-state index contributed by atoms with van der Waals surface area (Å²) in [4.78, 5) is 26.0. The lowest BCUT2D eigenvalue weighted by atomic mass is 9.96. The highest BCUT2D eigenvalue weighted by Gasteiger charge is 2.28. The number of fused-ring (bicyclic) bond motifs is 10. The topological polar surface area (TPSA) is 82.6 Å². The summed E-state index contributed by atoms with van der Waals surface area (Å²) >= 11 is 0. The predicted octanol–water partition coefficient (Wildman–Crippen LogP) is 4.57. The van der Waals surface area contributed by atoms with E-state index in [0.29, 0.717) is 24.4 Å². The molecule has 2 aromatic rings. The standard InChI is InChI=1S/C27H36N6O2/c1-20-21-9-11-22(12-10-21)24(32-16-13-28-14-17-32)8-6-4-2-3-5-7-15-33-25-23(19-35-27(33)34)18-29-26(30-20)31-25/h2,4,9-12,18,20,24,28H,3,5-8,13-17,19H2,1H3,(H,29,30,31)/b4-2-/t20-,24?/m0/s1. The number of cyclic esters (lactones) is 1. The zero-order valence-electron chi connectivity index (χ0n) is 20.6. The van der Waals surface area contributed by atoms with Crippen LogP contribution in [-0.4, -0.2) is 53.7 Å². The van der Waals surface area contributed by atoms with Gasteiger partial charge in [-0.05, 0) is 50.2 Å². The van der Waals surface area contributed by atoms with E-state index in [1.165, 1.54) is 11.1 Å². The fraction of sp³-hybridized carbons (Fsp3) is 0.519. The van der Waals surface area contributed by atoms with Gasteiger partial charge in [0.1, 0.15) is 12.4 Å². The summed E-state index contributed by atoms with van der Waals surface area (Å²) in [7, 11) is 0. The molecule has 0 saturated carbocycles. The molecule has 0 spiro atoms. The highest BCUT2D eigenvalue weighted by atomic mass is 16.6. The average molecular weight is 477 g/mol. The summed E-state index contributed by atoms with van der Waals surface area (Å²) < 4.78 is 5.35. The van der Waals surface area contributed by atoms with Crippen molar-refractivity contribution in [3.05, 3.63) is 59.3 Å². The monoisotopic (exact) mass is 476 g/mol. The van der Waals surface area contributed by atoms with Gasteiger partial charge in [0.15, 0.2) is 0 Å². The molecule has 1 aromatic carbocycles. The molecule has 1 unspecified atom stereocenters. The van der Waals surface area contributed by atoms with E-state index in [-0.39, 0.29) is 18.7 Å². The minimum atomic E-state index is -0.328. The van der Waals surface area contributed by atoms with Crippen molar-refractivity contribution in [1.29, 1.82) is 0 Å². The maximum absolute atomic E-state index is 12.5. The molecule has 2 atom stereocenters. The van der Waals surface area contributed by atoms with Gasteiger partial charge in [0.05, 0.1) is 11.6 Å². The highest BCUT2D eigenvalue weighted by molar-refractivity contribution is 5.89. The van der Waals surface area contributed by atoms with Gasteiger partial charge >= 0.3 is 6.09 Å². The second-order valence-electron chi connectivity index (χ2n) is 9.63. The first kappa shape index (κ1) is 23.8. The van der Waals surface area contributed by atoms with Crippen LogP contribution in [-0.2, 0) is 11.3 Å². The van der Waals surface area contributed by atoms with Crippen LogP contribution in [0.2, 0.25) is 0 Å². The number of nitrogens with zero attached hydrogens (tertiary/aromatic N) is 4. The van der Waals surface area contributed by atoms with E-state index in [9.17, 15) is 4.79 Å². The fourth-order valence-corrected chi connectivity index (χ4v) is 5.16. The Bertz CT molecular complexity index is 1030. The van der Waals surface area contributed by atoms with Crippen molar-refractivity contribution in [2.24, 2.45) is 0 Å². The SMILES string of the molecule is C[C@@H]1Nc2ncc3c(n2)N(CCCC/C=C\CCC(N2CCNCC2)c2ccc1cc2)C(=O)OC3.